The molecule has 0 atom stereocenters. The van der Waals surface area contributed by atoms with E-state index in [9.17, 15) is 0 Å². The minimum atomic E-state index is 0.574. The van der Waals surface area contributed by atoms with Crippen LogP contribution in [0.1, 0.15) is 0 Å². The summed E-state index contributed by atoms with van der Waals surface area (Å²) in [6.07, 6.45) is 0. The van der Waals surface area contributed by atoms with Crippen LogP contribution in [0, 0.1) is 0 Å². The Kier molecular flexibility index (Phi) is 4.39. The van der Waals surface area contributed by atoms with Crippen LogP contribution in [0.2, 0.25) is 0 Å². The average Bonchev–Trinajstić information content (AvgIpc) is 3.30. The summed E-state index contributed by atoms with van der Waals surface area (Å²) < 4.78 is 13.3. The number of aromatic nitrogens is 2. The van der Waals surface area contributed by atoms with Gasteiger partial charge in [-0.1, -0.05) is 18.2 Å². The van der Waals surface area contributed by atoms with Crippen LogP contribution < -0.4 is 9.47 Å². The number of fused-ring (bicyclic) bond motifs is 1. The highest BCUT2D eigenvalue weighted by atomic mass is 32.1. The third-order valence-corrected chi connectivity index (χ3v) is 4.90. The topological polar surface area (TPSA) is 36.3 Å². The lowest BCUT2D eigenvalue weighted by Gasteiger charge is -2.10. The van der Waals surface area contributed by atoms with E-state index in [2.05, 4.69) is 28.1 Å². The van der Waals surface area contributed by atoms with E-state index >= 15 is 0 Å². The number of nitrogens with zero attached hydrogens (tertiary/aromatic N) is 2. The van der Waals surface area contributed by atoms with Crippen LogP contribution >= 0.6 is 11.3 Å². The molecule has 0 radical (unpaired) electrons. The second kappa shape index (κ2) is 6.99. The smallest absolute Gasteiger partial charge is 0.151 e. The SMILES string of the molecule is COc1ccc(OCCn2c(-c3cccs3)nc3ccccc32)cc1. The molecule has 2 aromatic carbocycles. The fraction of sp³-hybridized carbons (Fsp3) is 0.150. The van der Waals surface area contributed by atoms with Gasteiger partial charge in [-0.2, -0.15) is 0 Å². The number of benzene rings is 2. The molecule has 0 amide bonds. The molecule has 2 heterocycles. The first-order valence-corrected chi connectivity index (χ1v) is 8.99. The molecule has 5 heteroatoms. The molecule has 0 aliphatic heterocycles. The van der Waals surface area contributed by atoms with Gasteiger partial charge in [0.25, 0.3) is 0 Å². The molecule has 0 saturated heterocycles. The van der Waals surface area contributed by atoms with Crippen molar-refractivity contribution < 1.29 is 9.47 Å². The van der Waals surface area contributed by atoms with Gasteiger partial charge in [0, 0.05) is 0 Å². The van der Waals surface area contributed by atoms with Gasteiger partial charge in [-0.25, -0.2) is 4.98 Å². The minimum absolute atomic E-state index is 0.574. The zero-order valence-electron chi connectivity index (χ0n) is 13.9. The Labute approximate surface area is 150 Å². The summed E-state index contributed by atoms with van der Waals surface area (Å²) in [7, 11) is 1.66. The summed E-state index contributed by atoms with van der Waals surface area (Å²) in [6.45, 7) is 1.31. The summed E-state index contributed by atoms with van der Waals surface area (Å²) in [4.78, 5) is 5.97. The van der Waals surface area contributed by atoms with Crippen molar-refractivity contribution in [2.24, 2.45) is 0 Å². The molecule has 0 saturated carbocycles. The molecule has 126 valence electrons. The van der Waals surface area contributed by atoms with Crippen molar-refractivity contribution in [3.05, 3.63) is 66.0 Å². The summed E-state index contributed by atoms with van der Waals surface area (Å²) >= 11 is 1.70. The number of thiophene rings is 1. The largest absolute Gasteiger partial charge is 0.497 e. The van der Waals surface area contributed by atoms with Gasteiger partial charge in [0.1, 0.15) is 18.1 Å². The van der Waals surface area contributed by atoms with Gasteiger partial charge in [0.05, 0.1) is 29.6 Å². The van der Waals surface area contributed by atoms with Crippen molar-refractivity contribution in [1.82, 2.24) is 9.55 Å². The van der Waals surface area contributed by atoms with Crippen LogP contribution in [-0.4, -0.2) is 23.3 Å². The van der Waals surface area contributed by atoms with Crippen molar-refractivity contribution >= 4 is 22.4 Å². The normalized spacial score (nSPS) is 10.9. The monoisotopic (exact) mass is 350 g/mol. The Morgan fingerprint density at radius 1 is 0.960 bits per heavy atom. The van der Waals surface area contributed by atoms with E-state index in [1.165, 1.54) is 4.88 Å². The van der Waals surface area contributed by atoms with Gasteiger partial charge in [0.15, 0.2) is 5.82 Å². The minimum Gasteiger partial charge on any atom is -0.497 e. The van der Waals surface area contributed by atoms with Crippen LogP contribution in [0.5, 0.6) is 11.5 Å². The Hall–Kier alpha value is -2.79. The third-order valence-electron chi connectivity index (χ3n) is 4.04. The highest BCUT2D eigenvalue weighted by molar-refractivity contribution is 7.13. The van der Waals surface area contributed by atoms with Crippen molar-refractivity contribution in [3.63, 3.8) is 0 Å². The molecular weight excluding hydrogens is 332 g/mol. The molecular formula is C20H18N2O2S. The molecule has 0 spiro atoms. The Balaban J connectivity index is 1.56. The first-order valence-electron chi connectivity index (χ1n) is 8.11. The van der Waals surface area contributed by atoms with Crippen molar-refractivity contribution in [2.45, 2.75) is 6.54 Å². The fourth-order valence-corrected chi connectivity index (χ4v) is 3.54. The summed E-state index contributed by atoms with van der Waals surface area (Å²) in [5.74, 6) is 2.66. The van der Waals surface area contributed by atoms with Crippen LogP contribution in [-0.2, 0) is 6.54 Å². The number of rotatable bonds is 6. The lowest BCUT2D eigenvalue weighted by atomic mass is 10.3. The van der Waals surface area contributed by atoms with E-state index in [0.717, 1.165) is 34.9 Å². The van der Waals surface area contributed by atoms with Gasteiger partial charge >= 0.3 is 0 Å². The molecule has 0 unspecified atom stereocenters. The van der Waals surface area contributed by atoms with E-state index in [1.54, 1.807) is 18.4 Å². The summed E-state index contributed by atoms with van der Waals surface area (Å²) in [5.41, 5.74) is 2.14. The Morgan fingerprint density at radius 2 is 1.76 bits per heavy atom. The van der Waals surface area contributed by atoms with Crippen molar-refractivity contribution in [1.29, 1.82) is 0 Å². The standard InChI is InChI=1S/C20H18N2O2S/c1-23-15-8-10-16(11-9-15)24-13-12-22-18-6-3-2-5-17(18)21-20(22)19-7-4-14-25-19/h2-11,14H,12-13H2,1H3. The Morgan fingerprint density at radius 3 is 2.52 bits per heavy atom. The molecule has 2 aromatic heterocycles. The summed E-state index contributed by atoms with van der Waals surface area (Å²) in [6, 6.07) is 20.0. The van der Waals surface area contributed by atoms with Crippen LogP contribution in [0.3, 0.4) is 0 Å². The average molecular weight is 350 g/mol. The van der Waals surface area contributed by atoms with Gasteiger partial charge in [-0.05, 0) is 47.8 Å². The maximum Gasteiger partial charge on any atom is 0.151 e. The van der Waals surface area contributed by atoms with E-state index in [4.69, 9.17) is 14.5 Å². The maximum absolute atomic E-state index is 5.90. The molecule has 25 heavy (non-hydrogen) atoms. The van der Waals surface area contributed by atoms with Gasteiger partial charge < -0.3 is 14.0 Å². The molecule has 0 aliphatic carbocycles. The summed E-state index contributed by atoms with van der Waals surface area (Å²) in [5, 5.41) is 2.08. The molecule has 0 aliphatic rings. The molecule has 0 N–H and O–H groups in total. The predicted molar refractivity (Wildman–Crippen MR) is 102 cm³/mol. The van der Waals surface area contributed by atoms with Gasteiger partial charge in [-0.3, -0.25) is 0 Å². The Bertz CT molecular complexity index is 959. The number of ether oxygens (including phenoxy) is 2. The van der Waals surface area contributed by atoms with E-state index in [-0.39, 0.29) is 0 Å². The molecule has 4 rings (SSSR count). The van der Waals surface area contributed by atoms with Crippen LogP contribution in [0.4, 0.5) is 0 Å². The zero-order chi connectivity index (χ0) is 17.1. The zero-order valence-corrected chi connectivity index (χ0v) is 14.7. The van der Waals surface area contributed by atoms with Gasteiger partial charge in [-0.15, -0.1) is 11.3 Å². The number of imidazole rings is 1. The number of para-hydroxylation sites is 2. The lowest BCUT2D eigenvalue weighted by Crippen LogP contribution is -2.09. The second-order valence-electron chi connectivity index (χ2n) is 5.58. The molecule has 4 aromatic rings. The number of hydrogen-bond acceptors (Lipinski definition) is 4. The first kappa shape index (κ1) is 15.7. The van der Waals surface area contributed by atoms with Gasteiger partial charge in [0.2, 0.25) is 0 Å². The lowest BCUT2D eigenvalue weighted by molar-refractivity contribution is 0.300. The first-order chi connectivity index (χ1) is 12.3. The highest BCUT2D eigenvalue weighted by Gasteiger charge is 2.13. The van der Waals surface area contributed by atoms with E-state index in [0.29, 0.717) is 6.61 Å². The molecule has 0 fully saturated rings. The highest BCUT2D eigenvalue weighted by Crippen LogP contribution is 2.28. The van der Waals surface area contributed by atoms with E-state index in [1.807, 2.05) is 42.5 Å². The van der Waals surface area contributed by atoms with E-state index < -0.39 is 0 Å². The number of hydrogen-bond donors (Lipinski definition) is 0. The van der Waals surface area contributed by atoms with Crippen LogP contribution in [0.25, 0.3) is 21.7 Å². The van der Waals surface area contributed by atoms with Crippen LogP contribution in [0.15, 0.2) is 66.0 Å². The fourth-order valence-electron chi connectivity index (χ4n) is 2.82. The number of methoxy groups -OCH3 is 1. The van der Waals surface area contributed by atoms with Crippen molar-refractivity contribution in [3.8, 4) is 22.2 Å². The molecule has 0 bridgehead atoms. The predicted octanol–water partition coefficient (Wildman–Crippen LogP) is 4.85. The maximum atomic E-state index is 5.90. The third kappa shape index (κ3) is 3.23. The second-order valence-corrected chi connectivity index (χ2v) is 6.52. The molecule has 4 nitrogen and oxygen atoms in total. The quantitative estimate of drug-likeness (QED) is 0.499. The van der Waals surface area contributed by atoms with Crippen molar-refractivity contribution in [2.75, 3.05) is 13.7 Å².